The van der Waals surface area contributed by atoms with Crippen molar-refractivity contribution in [3.8, 4) is 10.6 Å². The third-order valence-electron chi connectivity index (χ3n) is 6.15. The maximum atomic E-state index is 13.7. The molecule has 0 aliphatic heterocycles. The fourth-order valence-electron chi connectivity index (χ4n) is 4.55. The topological polar surface area (TPSA) is 68.3 Å². The standard InChI is InChI=1S/C28H28N2O3S2/c1-16(2)33-28(32)25-19-10-5-4-6-12-23(19)35-27(25)30-26(31)20-15-22(24-14-13-17(3)34-24)29-21-11-8-7-9-18(20)21/h7-9,11,13-16H,4-6,10,12H2,1-3H3,(H,30,31). The summed E-state index contributed by atoms with van der Waals surface area (Å²) >= 11 is 3.17. The monoisotopic (exact) mass is 504 g/mol. The third kappa shape index (κ3) is 4.88. The summed E-state index contributed by atoms with van der Waals surface area (Å²) in [5.41, 5.74) is 3.66. The molecule has 0 radical (unpaired) electrons. The number of fused-ring (bicyclic) bond motifs is 2. The first-order valence-electron chi connectivity index (χ1n) is 12.0. The lowest BCUT2D eigenvalue weighted by Crippen LogP contribution is -2.18. The van der Waals surface area contributed by atoms with E-state index in [-0.39, 0.29) is 18.0 Å². The number of nitrogens with one attached hydrogen (secondary N) is 1. The number of nitrogens with zero attached hydrogens (tertiary/aromatic N) is 1. The molecule has 1 aromatic carbocycles. The molecule has 180 valence electrons. The quantitative estimate of drug-likeness (QED) is 0.227. The van der Waals surface area contributed by atoms with Gasteiger partial charge in [0.1, 0.15) is 5.00 Å². The van der Waals surface area contributed by atoms with Gasteiger partial charge in [0.05, 0.1) is 33.3 Å². The van der Waals surface area contributed by atoms with E-state index in [0.29, 0.717) is 16.1 Å². The predicted octanol–water partition coefficient (Wildman–Crippen LogP) is 7.42. The number of pyridine rings is 1. The normalized spacial score (nSPS) is 13.5. The van der Waals surface area contributed by atoms with Crippen molar-refractivity contribution in [2.24, 2.45) is 0 Å². The van der Waals surface area contributed by atoms with E-state index in [1.165, 1.54) is 21.1 Å². The Hall–Kier alpha value is -3.03. The van der Waals surface area contributed by atoms with Gasteiger partial charge in [-0.1, -0.05) is 24.6 Å². The van der Waals surface area contributed by atoms with E-state index >= 15 is 0 Å². The van der Waals surface area contributed by atoms with Crippen LogP contribution in [0.25, 0.3) is 21.5 Å². The maximum absolute atomic E-state index is 13.7. The maximum Gasteiger partial charge on any atom is 0.341 e. The molecule has 5 rings (SSSR count). The number of aryl methyl sites for hydroxylation is 2. The number of anilines is 1. The smallest absolute Gasteiger partial charge is 0.341 e. The molecule has 1 aliphatic carbocycles. The molecule has 0 bridgehead atoms. The van der Waals surface area contributed by atoms with Gasteiger partial charge in [0, 0.05) is 15.1 Å². The Labute approximate surface area is 213 Å². The summed E-state index contributed by atoms with van der Waals surface area (Å²) in [5, 5.41) is 4.46. The molecule has 3 aromatic heterocycles. The molecule has 7 heteroatoms. The van der Waals surface area contributed by atoms with Crippen LogP contribution in [0.15, 0.2) is 42.5 Å². The molecule has 35 heavy (non-hydrogen) atoms. The summed E-state index contributed by atoms with van der Waals surface area (Å²) in [6, 6.07) is 13.6. The summed E-state index contributed by atoms with van der Waals surface area (Å²) in [6.45, 7) is 5.75. The first-order valence-corrected chi connectivity index (χ1v) is 13.7. The number of rotatable bonds is 5. The van der Waals surface area contributed by atoms with Crippen molar-refractivity contribution in [3.05, 3.63) is 68.9 Å². The minimum absolute atomic E-state index is 0.228. The second-order valence-corrected chi connectivity index (χ2v) is 11.6. The average molecular weight is 505 g/mol. The van der Waals surface area contributed by atoms with E-state index in [1.807, 2.05) is 50.2 Å². The molecular formula is C28H28N2O3S2. The third-order valence-corrected chi connectivity index (χ3v) is 8.38. The molecule has 1 N–H and O–H groups in total. The van der Waals surface area contributed by atoms with Gasteiger partial charge in [0.15, 0.2) is 0 Å². The zero-order chi connectivity index (χ0) is 24.5. The van der Waals surface area contributed by atoms with Crippen LogP contribution in [0.5, 0.6) is 0 Å². The highest BCUT2D eigenvalue weighted by Crippen LogP contribution is 2.39. The molecule has 1 amide bonds. The van der Waals surface area contributed by atoms with Crippen LogP contribution in [-0.4, -0.2) is 23.0 Å². The minimum Gasteiger partial charge on any atom is -0.459 e. The Morgan fingerprint density at radius 2 is 1.83 bits per heavy atom. The zero-order valence-electron chi connectivity index (χ0n) is 20.1. The van der Waals surface area contributed by atoms with Crippen LogP contribution in [-0.2, 0) is 17.6 Å². The van der Waals surface area contributed by atoms with Crippen molar-refractivity contribution in [2.75, 3.05) is 5.32 Å². The van der Waals surface area contributed by atoms with Gasteiger partial charge in [-0.3, -0.25) is 4.79 Å². The fraction of sp³-hybridized carbons (Fsp3) is 0.321. The van der Waals surface area contributed by atoms with Crippen LogP contribution in [0.4, 0.5) is 5.00 Å². The molecule has 0 atom stereocenters. The van der Waals surface area contributed by atoms with Crippen LogP contribution >= 0.6 is 22.7 Å². The molecule has 1 aliphatic rings. The number of benzene rings is 1. The summed E-state index contributed by atoms with van der Waals surface area (Å²) in [4.78, 5) is 35.0. The van der Waals surface area contributed by atoms with Crippen molar-refractivity contribution >= 4 is 50.5 Å². The molecule has 0 fully saturated rings. The van der Waals surface area contributed by atoms with Crippen LogP contribution in [0.3, 0.4) is 0 Å². The van der Waals surface area contributed by atoms with Crippen molar-refractivity contribution in [2.45, 2.75) is 59.0 Å². The van der Waals surface area contributed by atoms with Crippen LogP contribution in [0, 0.1) is 6.92 Å². The van der Waals surface area contributed by atoms with Crippen LogP contribution in [0.1, 0.15) is 69.1 Å². The van der Waals surface area contributed by atoms with E-state index in [0.717, 1.165) is 59.1 Å². The number of carbonyl (C=O) groups excluding carboxylic acids is 2. The van der Waals surface area contributed by atoms with E-state index in [1.54, 1.807) is 11.3 Å². The van der Waals surface area contributed by atoms with Gasteiger partial charge in [0.25, 0.3) is 5.91 Å². The molecule has 3 heterocycles. The molecule has 4 aromatic rings. The van der Waals surface area contributed by atoms with Crippen LogP contribution < -0.4 is 5.32 Å². The SMILES string of the molecule is Cc1ccc(-c2cc(C(=O)Nc3sc4c(c3C(=O)OC(C)C)CCCCC4)c3ccccc3n2)s1. The second kappa shape index (κ2) is 9.91. The highest BCUT2D eigenvalue weighted by Gasteiger charge is 2.28. The van der Waals surface area contributed by atoms with E-state index in [2.05, 4.69) is 18.3 Å². The Kier molecular flexibility index (Phi) is 6.71. The van der Waals surface area contributed by atoms with Gasteiger partial charge in [0.2, 0.25) is 0 Å². The van der Waals surface area contributed by atoms with Crippen molar-refractivity contribution in [1.82, 2.24) is 4.98 Å². The Balaban J connectivity index is 1.57. The van der Waals surface area contributed by atoms with Gasteiger partial charge in [-0.25, -0.2) is 9.78 Å². The van der Waals surface area contributed by atoms with Crippen molar-refractivity contribution in [3.63, 3.8) is 0 Å². The lowest BCUT2D eigenvalue weighted by atomic mass is 10.0. The number of ether oxygens (including phenoxy) is 1. The summed E-state index contributed by atoms with van der Waals surface area (Å²) < 4.78 is 5.59. The largest absolute Gasteiger partial charge is 0.459 e. The number of esters is 1. The number of aromatic nitrogens is 1. The number of carbonyl (C=O) groups is 2. The van der Waals surface area contributed by atoms with Gasteiger partial charge in [-0.15, -0.1) is 22.7 Å². The predicted molar refractivity (Wildman–Crippen MR) is 144 cm³/mol. The molecule has 0 saturated carbocycles. The number of thiophene rings is 2. The average Bonchev–Trinajstić information content (AvgIpc) is 3.33. The first kappa shape index (κ1) is 23.7. The highest BCUT2D eigenvalue weighted by atomic mass is 32.1. The summed E-state index contributed by atoms with van der Waals surface area (Å²) in [6.07, 6.45) is 4.82. The van der Waals surface area contributed by atoms with E-state index in [4.69, 9.17) is 9.72 Å². The Bertz CT molecular complexity index is 1420. The number of hydrogen-bond donors (Lipinski definition) is 1. The molecule has 0 saturated heterocycles. The fourth-order valence-corrected chi connectivity index (χ4v) is 6.65. The number of hydrogen-bond acceptors (Lipinski definition) is 6. The molecule has 0 spiro atoms. The zero-order valence-corrected chi connectivity index (χ0v) is 21.8. The highest BCUT2D eigenvalue weighted by molar-refractivity contribution is 7.17. The van der Waals surface area contributed by atoms with E-state index in [9.17, 15) is 9.59 Å². The van der Waals surface area contributed by atoms with Gasteiger partial charge < -0.3 is 10.1 Å². The molecule has 0 unspecified atom stereocenters. The van der Waals surface area contributed by atoms with Gasteiger partial charge >= 0.3 is 5.97 Å². The van der Waals surface area contributed by atoms with Crippen molar-refractivity contribution < 1.29 is 14.3 Å². The number of amides is 1. The van der Waals surface area contributed by atoms with E-state index < -0.39 is 0 Å². The van der Waals surface area contributed by atoms with Crippen molar-refractivity contribution in [1.29, 1.82) is 0 Å². The van der Waals surface area contributed by atoms with Gasteiger partial charge in [-0.2, -0.15) is 0 Å². The Morgan fingerprint density at radius 3 is 2.60 bits per heavy atom. The second-order valence-electron chi connectivity index (χ2n) is 9.16. The minimum atomic E-state index is -0.357. The van der Waals surface area contributed by atoms with Gasteiger partial charge in [-0.05, 0) is 76.3 Å². The lowest BCUT2D eigenvalue weighted by Gasteiger charge is -2.13. The molecular weight excluding hydrogens is 476 g/mol. The van der Waals surface area contributed by atoms with Crippen LogP contribution in [0.2, 0.25) is 0 Å². The summed E-state index contributed by atoms with van der Waals surface area (Å²) in [7, 11) is 0. The number of para-hydroxylation sites is 1. The first-order chi connectivity index (χ1) is 16.9. The Morgan fingerprint density at radius 1 is 1.03 bits per heavy atom. The lowest BCUT2D eigenvalue weighted by molar-refractivity contribution is 0.0378. The molecule has 5 nitrogen and oxygen atoms in total. The summed E-state index contributed by atoms with van der Waals surface area (Å²) in [5.74, 6) is -0.600.